The van der Waals surface area contributed by atoms with E-state index in [9.17, 15) is 5.11 Å². The van der Waals surface area contributed by atoms with Crippen LogP contribution in [0, 0.1) is 6.92 Å². The van der Waals surface area contributed by atoms with E-state index in [2.05, 4.69) is 43.0 Å². The number of piperidine rings is 1. The van der Waals surface area contributed by atoms with Gasteiger partial charge >= 0.3 is 0 Å². The summed E-state index contributed by atoms with van der Waals surface area (Å²) in [5.41, 5.74) is 2.52. The van der Waals surface area contributed by atoms with Crippen molar-refractivity contribution >= 4 is 0 Å². The van der Waals surface area contributed by atoms with Gasteiger partial charge in [0, 0.05) is 19.5 Å². The second-order valence-electron chi connectivity index (χ2n) is 9.14. The highest BCUT2D eigenvalue weighted by molar-refractivity contribution is 5.40. The van der Waals surface area contributed by atoms with Crippen molar-refractivity contribution in [3.8, 4) is 11.5 Å². The molecule has 4 rings (SSSR count). The number of aryl methyl sites for hydroxylation is 1. The van der Waals surface area contributed by atoms with Crippen LogP contribution in [0.1, 0.15) is 36.5 Å². The number of rotatable bonds is 9. The van der Waals surface area contributed by atoms with Gasteiger partial charge in [0.25, 0.3) is 0 Å². The summed E-state index contributed by atoms with van der Waals surface area (Å²) < 4.78 is 12.7. The minimum Gasteiger partial charge on any atom is -0.485 e. The lowest BCUT2D eigenvalue weighted by molar-refractivity contribution is -0.107. The molecule has 0 aliphatic carbocycles. The second kappa shape index (κ2) is 10.9. The molecule has 1 fully saturated rings. The molecule has 3 aromatic rings. The number of nitrogens with zero attached hydrogens (tertiary/aromatic N) is 1. The van der Waals surface area contributed by atoms with E-state index in [1.54, 1.807) is 0 Å². The predicted molar refractivity (Wildman–Crippen MR) is 133 cm³/mol. The minimum absolute atomic E-state index is 0.347. The minimum atomic E-state index is -0.938. The first kappa shape index (κ1) is 23.3. The standard InChI is InChI=1S/C29H35NO3/c1-3-18-30-19-17-29(31,20-24-15-13-23(2)14-16-24)28(21-30)33-27-12-8-7-11-26(27)32-22-25-9-5-4-6-10-25/h4-16,28,31H,3,17-22H2,1-2H3. The van der Waals surface area contributed by atoms with Crippen LogP contribution >= 0.6 is 0 Å². The summed E-state index contributed by atoms with van der Waals surface area (Å²) in [4.78, 5) is 2.39. The van der Waals surface area contributed by atoms with Crippen molar-refractivity contribution in [3.05, 3.63) is 95.6 Å². The molecule has 1 aliphatic heterocycles. The highest BCUT2D eigenvalue weighted by atomic mass is 16.5. The lowest BCUT2D eigenvalue weighted by Gasteiger charge is -2.44. The van der Waals surface area contributed by atoms with E-state index in [1.165, 1.54) is 5.56 Å². The average Bonchev–Trinajstić information content (AvgIpc) is 2.83. The molecule has 0 spiro atoms. The predicted octanol–water partition coefficient (Wildman–Crippen LogP) is 5.41. The molecule has 1 N–H and O–H groups in total. The van der Waals surface area contributed by atoms with Crippen LogP contribution in [-0.2, 0) is 13.0 Å². The first-order chi connectivity index (χ1) is 16.1. The second-order valence-corrected chi connectivity index (χ2v) is 9.14. The van der Waals surface area contributed by atoms with Crippen molar-refractivity contribution in [2.75, 3.05) is 19.6 Å². The van der Waals surface area contributed by atoms with Gasteiger partial charge in [-0.05, 0) is 49.6 Å². The van der Waals surface area contributed by atoms with Crippen molar-refractivity contribution in [2.45, 2.75) is 51.4 Å². The third kappa shape index (κ3) is 6.16. The number of hydrogen-bond acceptors (Lipinski definition) is 4. The highest BCUT2D eigenvalue weighted by Crippen LogP contribution is 2.34. The number of para-hydroxylation sites is 2. The molecule has 3 aromatic carbocycles. The lowest BCUT2D eigenvalue weighted by Crippen LogP contribution is -2.59. The molecule has 0 aromatic heterocycles. The van der Waals surface area contributed by atoms with Gasteiger partial charge in [-0.3, -0.25) is 4.90 Å². The fourth-order valence-electron chi connectivity index (χ4n) is 4.49. The van der Waals surface area contributed by atoms with E-state index in [1.807, 2.05) is 54.6 Å². The molecular weight excluding hydrogens is 410 g/mol. The Morgan fingerprint density at radius 2 is 1.61 bits per heavy atom. The van der Waals surface area contributed by atoms with Crippen LogP contribution in [0.2, 0.25) is 0 Å². The maximum absolute atomic E-state index is 11.8. The maximum atomic E-state index is 11.8. The van der Waals surface area contributed by atoms with Gasteiger partial charge in [0.2, 0.25) is 0 Å². The summed E-state index contributed by atoms with van der Waals surface area (Å²) >= 11 is 0. The summed E-state index contributed by atoms with van der Waals surface area (Å²) in [5, 5.41) is 11.8. The summed E-state index contributed by atoms with van der Waals surface area (Å²) in [6.07, 6.45) is 1.99. The fraction of sp³-hybridized carbons (Fsp3) is 0.379. The zero-order valence-electron chi connectivity index (χ0n) is 19.7. The van der Waals surface area contributed by atoms with Gasteiger partial charge in [-0.15, -0.1) is 0 Å². The molecule has 0 amide bonds. The third-order valence-corrected chi connectivity index (χ3v) is 6.41. The smallest absolute Gasteiger partial charge is 0.161 e. The molecule has 0 bridgehead atoms. The third-order valence-electron chi connectivity index (χ3n) is 6.41. The van der Waals surface area contributed by atoms with Crippen LogP contribution < -0.4 is 9.47 Å². The van der Waals surface area contributed by atoms with Crippen molar-refractivity contribution < 1.29 is 14.6 Å². The molecule has 1 aliphatic rings. The van der Waals surface area contributed by atoms with Crippen LogP contribution in [0.25, 0.3) is 0 Å². The van der Waals surface area contributed by atoms with Gasteiger partial charge in [0.1, 0.15) is 18.3 Å². The Morgan fingerprint density at radius 1 is 0.909 bits per heavy atom. The molecule has 1 heterocycles. The summed E-state index contributed by atoms with van der Waals surface area (Å²) in [5.74, 6) is 1.38. The largest absolute Gasteiger partial charge is 0.485 e. The fourth-order valence-corrected chi connectivity index (χ4v) is 4.49. The summed E-state index contributed by atoms with van der Waals surface area (Å²) in [6, 6.07) is 26.3. The molecule has 0 saturated carbocycles. The van der Waals surface area contributed by atoms with Crippen LogP contribution in [0.4, 0.5) is 0 Å². The van der Waals surface area contributed by atoms with Crippen LogP contribution in [-0.4, -0.2) is 41.3 Å². The number of hydrogen-bond donors (Lipinski definition) is 1. The topological polar surface area (TPSA) is 41.9 Å². The van der Waals surface area contributed by atoms with E-state index >= 15 is 0 Å². The summed E-state index contributed by atoms with van der Waals surface area (Å²) in [7, 11) is 0. The van der Waals surface area contributed by atoms with Gasteiger partial charge in [0.05, 0.1) is 0 Å². The Labute approximate surface area is 197 Å². The van der Waals surface area contributed by atoms with Crippen molar-refractivity contribution in [1.82, 2.24) is 4.90 Å². The average molecular weight is 446 g/mol. The molecule has 4 heteroatoms. The van der Waals surface area contributed by atoms with Gasteiger partial charge < -0.3 is 14.6 Å². The van der Waals surface area contributed by atoms with E-state index in [4.69, 9.17) is 9.47 Å². The van der Waals surface area contributed by atoms with E-state index in [0.29, 0.717) is 37.5 Å². The quantitative estimate of drug-likeness (QED) is 0.478. The van der Waals surface area contributed by atoms with Gasteiger partial charge in [-0.25, -0.2) is 0 Å². The van der Waals surface area contributed by atoms with E-state index in [-0.39, 0.29) is 6.10 Å². The first-order valence-electron chi connectivity index (χ1n) is 12.0. The van der Waals surface area contributed by atoms with Crippen LogP contribution in [0.5, 0.6) is 11.5 Å². The molecule has 1 saturated heterocycles. The number of aliphatic hydroxyl groups is 1. The molecule has 0 radical (unpaired) electrons. The SMILES string of the molecule is CCCN1CCC(O)(Cc2ccc(C)cc2)C(Oc2ccccc2OCc2ccccc2)C1. The Balaban J connectivity index is 1.54. The van der Waals surface area contributed by atoms with Crippen molar-refractivity contribution in [2.24, 2.45) is 0 Å². The monoisotopic (exact) mass is 445 g/mol. The Hall–Kier alpha value is -2.82. The number of benzene rings is 3. The molecular formula is C29H35NO3. The maximum Gasteiger partial charge on any atom is 0.161 e. The lowest BCUT2D eigenvalue weighted by atomic mass is 9.82. The van der Waals surface area contributed by atoms with Gasteiger partial charge in [-0.2, -0.15) is 0 Å². The Kier molecular flexibility index (Phi) is 7.69. The molecule has 2 unspecified atom stereocenters. The zero-order valence-corrected chi connectivity index (χ0v) is 19.7. The zero-order chi connectivity index (χ0) is 23.1. The van der Waals surface area contributed by atoms with Gasteiger partial charge in [-0.1, -0.05) is 79.2 Å². The van der Waals surface area contributed by atoms with Crippen molar-refractivity contribution in [1.29, 1.82) is 0 Å². The normalized spacial score (nSPS) is 21.0. The molecule has 2 atom stereocenters. The molecule has 4 nitrogen and oxygen atoms in total. The van der Waals surface area contributed by atoms with Crippen LogP contribution in [0.15, 0.2) is 78.9 Å². The van der Waals surface area contributed by atoms with E-state index < -0.39 is 5.60 Å². The first-order valence-corrected chi connectivity index (χ1v) is 12.0. The highest BCUT2D eigenvalue weighted by Gasteiger charge is 2.43. The number of ether oxygens (including phenoxy) is 2. The molecule has 174 valence electrons. The molecule has 33 heavy (non-hydrogen) atoms. The summed E-state index contributed by atoms with van der Waals surface area (Å²) in [6.45, 7) is 7.33. The van der Waals surface area contributed by atoms with E-state index in [0.717, 1.165) is 30.6 Å². The number of likely N-dealkylation sites (tertiary alicyclic amines) is 1. The Bertz CT molecular complexity index is 1000. The van der Waals surface area contributed by atoms with Crippen LogP contribution in [0.3, 0.4) is 0 Å². The van der Waals surface area contributed by atoms with Gasteiger partial charge in [0.15, 0.2) is 11.5 Å². The van der Waals surface area contributed by atoms with Crippen molar-refractivity contribution in [3.63, 3.8) is 0 Å². The Morgan fingerprint density at radius 3 is 2.33 bits per heavy atom.